The van der Waals surface area contributed by atoms with Crippen molar-refractivity contribution in [3.8, 4) is 0 Å². The van der Waals surface area contributed by atoms with Gasteiger partial charge in [-0.1, -0.05) is 12.1 Å². The van der Waals surface area contributed by atoms with Gasteiger partial charge in [0.1, 0.15) is 5.60 Å². The Morgan fingerprint density at radius 2 is 2.00 bits per heavy atom. The molecule has 0 radical (unpaired) electrons. The molecule has 5 nitrogen and oxygen atoms in total. The third-order valence-electron chi connectivity index (χ3n) is 4.21. The minimum absolute atomic E-state index is 0.334. The van der Waals surface area contributed by atoms with Crippen LogP contribution in [-0.4, -0.2) is 23.3 Å². The molecular weight excluding hydrogens is 230 g/mol. The summed E-state index contributed by atoms with van der Waals surface area (Å²) in [5.41, 5.74) is -0.334. The van der Waals surface area contributed by atoms with Gasteiger partial charge in [0.05, 0.1) is 0 Å². The molecule has 2 saturated carbocycles. The normalized spacial score (nSPS) is 32.4. The van der Waals surface area contributed by atoms with Crippen molar-refractivity contribution >= 4 is 6.01 Å². The van der Waals surface area contributed by atoms with Gasteiger partial charge in [0, 0.05) is 13.2 Å². The van der Waals surface area contributed by atoms with Crippen LogP contribution in [0.3, 0.4) is 0 Å². The van der Waals surface area contributed by atoms with Gasteiger partial charge in [-0.05, 0) is 44.4 Å². The van der Waals surface area contributed by atoms with Crippen molar-refractivity contribution in [3.05, 3.63) is 5.82 Å². The van der Waals surface area contributed by atoms with Crippen LogP contribution in [0, 0.1) is 5.92 Å². The standard InChI is InChI=1S/C13H21N3O2/c1-9-5-7-13(17-2,8-6-9)11-15-12(18-16-11)14-10-3-4-10/h9-10H,3-8H2,1-2H3,(H,14,15,16). The topological polar surface area (TPSA) is 60.2 Å². The molecule has 0 spiro atoms. The summed E-state index contributed by atoms with van der Waals surface area (Å²) in [6, 6.07) is 1.07. The van der Waals surface area contributed by atoms with Crippen LogP contribution in [0.5, 0.6) is 0 Å². The highest BCUT2D eigenvalue weighted by Gasteiger charge is 2.40. The number of hydrogen-bond donors (Lipinski definition) is 1. The van der Waals surface area contributed by atoms with Gasteiger partial charge in [0.2, 0.25) is 5.82 Å². The number of nitrogens with one attached hydrogen (secondary N) is 1. The zero-order chi connectivity index (χ0) is 12.6. The van der Waals surface area contributed by atoms with E-state index in [2.05, 4.69) is 22.4 Å². The van der Waals surface area contributed by atoms with E-state index < -0.39 is 0 Å². The molecule has 1 aromatic heterocycles. The maximum absolute atomic E-state index is 5.73. The molecule has 0 aliphatic heterocycles. The lowest BCUT2D eigenvalue weighted by Gasteiger charge is -2.35. The molecule has 2 fully saturated rings. The van der Waals surface area contributed by atoms with Crippen LogP contribution in [0.4, 0.5) is 6.01 Å². The summed E-state index contributed by atoms with van der Waals surface area (Å²) in [7, 11) is 1.75. The maximum atomic E-state index is 5.73. The number of rotatable bonds is 4. The fourth-order valence-electron chi connectivity index (χ4n) is 2.62. The fourth-order valence-corrected chi connectivity index (χ4v) is 2.62. The summed E-state index contributed by atoms with van der Waals surface area (Å²) < 4.78 is 11.0. The van der Waals surface area contributed by atoms with E-state index in [4.69, 9.17) is 9.26 Å². The first-order valence-corrected chi connectivity index (χ1v) is 6.88. The largest absolute Gasteiger partial charge is 0.370 e. The number of aromatic nitrogens is 2. The lowest BCUT2D eigenvalue weighted by atomic mass is 9.79. The molecule has 2 aliphatic rings. The highest BCUT2D eigenvalue weighted by molar-refractivity contribution is 5.24. The summed E-state index contributed by atoms with van der Waals surface area (Å²) in [5, 5.41) is 7.34. The first-order chi connectivity index (χ1) is 8.72. The molecule has 0 unspecified atom stereocenters. The maximum Gasteiger partial charge on any atom is 0.321 e. The lowest BCUT2D eigenvalue weighted by molar-refractivity contribution is -0.0609. The highest BCUT2D eigenvalue weighted by Crippen LogP contribution is 2.41. The molecule has 1 N–H and O–H groups in total. The zero-order valence-electron chi connectivity index (χ0n) is 11.1. The molecule has 3 rings (SSSR count). The summed E-state index contributed by atoms with van der Waals surface area (Å²) in [4.78, 5) is 4.47. The second kappa shape index (κ2) is 4.53. The van der Waals surface area contributed by atoms with E-state index in [1.165, 1.54) is 12.8 Å². The van der Waals surface area contributed by atoms with E-state index in [-0.39, 0.29) is 5.60 Å². The number of anilines is 1. The van der Waals surface area contributed by atoms with Gasteiger partial charge in [-0.3, -0.25) is 0 Å². The van der Waals surface area contributed by atoms with E-state index in [0.29, 0.717) is 17.9 Å². The highest BCUT2D eigenvalue weighted by atomic mass is 16.5. The Hall–Kier alpha value is -1.10. The van der Waals surface area contributed by atoms with Crippen LogP contribution in [0.15, 0.2) is 4.52 Å². The van der Waals surface area contributed by atoms with Gasteiger partial charge in [0.25, 0.3) is 0 Å². The Labute approximate surface area is 107 Å². The molecule has 0 atom stereocenters. The SMILES string of the molecule is COC1(c2noc(NC3CC3)n2)CCC(C)CC1. The molecule has 0 bridgehead atoms. The monoisotopic (exact) mass is 251 g/mol. The zero-order valence-corrected chi connectivity index (χ0v) is 11.1. The molecule has 1 heterocycles. The van der Waals surface area contributed by atoms with Crippen molar-refractivity contribution in [3.63, 3.8) is 0 Å². The minimum Gasteiger partial charge on any atom is -0.370 e. The third-order valence-corrected chi connectivity index (χ3v) is 4.21. The van der Waals surface area contributed by atoms with E-state index >= 15 is 0 Å². The second-order valence-electron chi connectivity index (χ2n) is 5.72. The quantitative estimate of drug-likeness (QED) is 0.891. The van der Waals surface area contributed by atoms with Crippen LogP contribution in [-0.2, 0) is 10.3 Å². The van der Waals surface area contributed by atoms with Gasteiger partial charge in [-0.2, -0.15) is 4.98 Å². The minimum atomic E-state index is -0.334. The van der Waals surface area contributed by atoms with E-state index in [1.54, 1.807) is 7.11 Å². The van der Waals surface area contributed by atoms with E-state index in [9.17, 15) is 0 Å². The van der Waals surface area contributed by atoms with Crippen LogP contribution >= 0.6 is 0 Å². The molecule has 1 aromatic rings. The van der Waals surface area contributed by atoms with E-state index in [0.717, 1.165) is 31.6 Å². The summed E-state index contributed by atoms with van der Waals surface area (Å²) in [5.74, 6) is 1.48. The molecule has 0 aromatic carbocycles. The first kappa shape index (κ1) is 12.0. The molecule has 0 amide bonds. The van der Waals surface area contributed by atoms with Crippen molar-refractivity contribution in [2.75, 3.05) is 12.4 Å². The van der Waals surface area contributed by atoms with Gasteiger partial charge in [0.15, 0.2) is 0 Å². The average Bonchev–Trinajstić information content (AvgIpc) is 3.07. The Balaban J connectivity index is 1.75. The molecule has 18 heavy (non-hydrogen) atoms. The Morgan fingerprint density at radius 1 is 1.28 bits per heavy atom. The summed E-state index contributed by atoms with van der Waals surface area (Å²) >= 11 is 0. The van der Waals surface area contributed by atoms with Crippen molar-refractivity contribution < 1.29 is 9.26 Å². The van der Waals surface area contributed by atoms with Crippen LogP contribution in [0.2, 0.25) is 0 Å². The van der Waals surface area contributed by atoms with Crippen molar-refractivity contribution in [2.24, 2.45) is 5.92 Å². The van der Waals surface area contributed by atoms with Crippen molar-refractivity contribution in [1.82, 2.24) is 10.1 Å². The molecule has 0 saturated heterocycles. The second-order valence-corrected chi connectivity index (χ2v) is 5.72. The first-order valence-electron chi connectivity index (χ1n) is 6.88. The van der Waals surface area contributed by atoms with Crippen molar-refractivity contribution in [2.45, 2.75) is 57.1 Å². The summed E-state index contributed by atoms with van der Waals surface area (Å²) in [6.45, 7) is 2.29. The van der Waals surface area contributed by atoms with Crippen LogP contribution in [0.1, 0.15) is 51.3 Å². The lowest BCUT2D eigenvalue weighted by Crippen LogP contribution is -2.34. The number of nitrogens with zero attached hydrogens (tertiary/aromatic N) is 2. The van der Waals surface area contributed by atoms with Crippen molar-refractivity contribution in [1.29, 1.82) is 0 Å². The number of ether oxygens (including phenoxy) is 1. The van der Waals surface area contributed by atoms with Gasteiger partial charge in [-0.15, -0.1) is 0 Å². The average molecular weight is 251 g/mol. The van der Waals surface area contributed by atoms with Gasteiger partial charge >= 0.3 is 6.01 Å². The van der Waals surface area contributed by atoms with Gasteiger partial charge in [-0.25, -0.2) is 0 Å². The van der Waals surface area contributed by atoms with Gasteiger partial charge < -0.3 is 14.6 Å². The molecular formula is C13H21N3O2. The Bertz CT molecular complexity index is 406. The van der Waals surface area contributed by atoms with Crippen LogP contribution < -0.4 is 5.32 Å². The molecule has 100 valence electrons. The van der Waals surface area contributed by atoms with Crippen LogP contribution in [0.25, 0.3) is 0 Å². The molecule has 5 heteroatoms. The predicted molar refractivity (Wildman–Crippen MR) is 67.3 cm³/mol. The number of methoxy groups -OCH3 is 1. The molecule has 2 aliphatic carbocycles. The van der Waals surface area contributed by atoms with E-state index in [1.807, 2.05) is 0 Å². The number of hydrogen-bond acceptors (Lipinski definition) is 5. The predicted octanol–water partition coefficient (Wildman–Crippen LogP) is 2.70. The Morgan fingerprint density at radius 3 is 2.61 bits per heavy atom. The third kappa shape index (κ3) is 2.23. The summed E-state index contributed by atoms with van der Waals surface area (Å²) in [6.07, 6.45) is 6.68. The fraction of sp³-hybridized carbons (Fsp3) is 0.846. The smallest absolute Gasteiger partial charge is 0.321 e. The Kier molecular flexibility index (Phi) is 3.01.